The Morgan fingerprint density at radius 2 is 1.77 bits per heavy atom. The number of ether oxygens (including phenoxy) is 2. The number of amides is 2. The van der Waals surface area contributed by atoms with Gasteiger partial charge in [-0.1, -0.05) is 0 Å². The smallest absolute Gasteiger partial charge is 0.407 e. The SMILES string of the molecule is COc1ccc(-c2scnc2C(=O)NCCNC(=O)OC(C)(C)C)cc1. The molecule has 0 spiro atoms. The average Bonchev–Trinajstić information content (AvgIpc) is 3.07. The first kappa shape index (κ1) is 19.7. The number of aromatic nitrogens is 1. The summed E-state index contributed by atoms with van der Waals surface area (Å²) in [6.45, 7) is 5.91. The molecule has 0 atom stereocenters. The summed E-state index contributed by atoms with van der Waals surface area (Å²) in [6.07, 6.45) is -0.515. The molecule has 0 saturated heterocycles. The second kappa shape index (κ2) is 8.66. The summed E-state index contributed by atoms with van der Waals surface area (Å²) in [4.78, 5) is 28.9. The van der Waals surface area contributed by atoms with E-state index in [0.717, 1.165) is 16.2 Å². The van der Waals surface area contributed by atoms with E-state index in [0.29, 0.717) is 5.69 Å². The standard InChI is InChI=1S/C18H23N3O4S/c1-18(2,3)25-17(23)20-10-9-19-16(22)14-15(26-11-21-14)12-5-7-13(24-4)8-6-12/h5-8,11H,9-10H2,1-4H3,(H,19,22)(H,20,23). The minimum absolute atomic E-state index is 0.267. The first-order valence-electron chi connectivity index (χ1n) is 8.13. The van der Waals surface area contributed by atoms with Gasteiger partial charge in [0.05, 0.1) is 17.5 Å². The van der Waals surface area contributed by atoms with Gasteiger partial charge in [0, 0.05) is 13.1 Å². The second-order valence-electron chi connectivity index (χ2n) is 6.44. The molecule has 0 bridgehead atoms. The molecule has 1 aromatic carbocycles. The number of hydrogen-bond acceptors (Lipinski definition) is 6. The summed E-state index contributed by atoms with van der Waals surface area (Å²) in [5, 5.41) is 5.34. The van der Waals surface area contributed by atoms with E-state index in [2.05, 4.69) is 15.6 Å². The fourth-order valence-electron chi connectivity index (χ4n) is 2.09. The molecule has 1 heterocycles. The highest BCUT2D eigenvalue weighted by Crippen LogP contribution is 2.29. The minimum atomic E-state index is -0.554. The normalized spacial score (nSPS) is 10.9. The molecule has 0 unspecified atom stereocenters. The molecule has 0 saturated carbocycles. The quantitative estimate of drug-likeness (QED) is 0.755. The molecule has 0 aliphatic heterocycles. The molecule has 2 N–H and O–H groups in total. The lowest BCUT2D eigenvalue weighted by molar-refractivity contribution is 0.0526. The molecule has 2 amide bonds. The highest BCUT2D eigenvalue weighted by Gasteiger charge is 2.17. The maximum Gasteiger partial charge on any atom is 0.407 e. The number of methoxy groups -OCH3 is 1. The summed E-state index contributed by atoms with van der Waals surface area (Å²) in [5.41, 5.74) is 2.33. The van der Waals surface area contributed by atoms with E-state index >= 15 is 0 Å². The van der Waals surface area contributed by atoms with Gasteiger partial charge in [0.1, 0.15) is 17.0 Å². The first-order chi connectivity index (χ1) is 12.3. The monoisotopic (exact) mass is 377 g/mol. The number of nitrogens with one attached hydrogen (secondary N) is 2. The van der Waals surface area contributed by atoms with Crippen molar-refractivity contribution < 1.29 is 19.1 Å². The topological polar surface area (TPSA) is 89.5 Å². The van der Waals surface area contributed by atoms with Crippen LogP contribution in [0.25, 0.3) is 10.4 Å². The summed E-state index contributed by atoms with van der Waals surface area (Å²) in [6, 6.07) is 7.43. The maximum atomic E-state index is 12.4. The zero-order valence-electron chi connectivity index (χ0n) is 15.3. The zero-order chi connectivity index (χ0) is 19.2. The van der Waals surface area contributed by atoms with Crippen LogP contribution in [0.4, 0.5) is 4.79 Å². The van der Waals surface area contributed by atoms with Gasteiger partial charge in [-0.25, -0.2) is 9.78 Å². The van der Waals surface area contributed by atoms with Crippen LogP contribution in [0, 0.1) is 0 Å². The van der Waals surface area contributed by atoms with E-state index in [-0.39, 0.29) is 19.0 Å². The Balaban J connectivity index is 1.89. The zero-order valence-corrected chi connectivity index (χ0v) is 16.1. The molecule has 0 fully saturated rings. The van der Waals surface area contributed by atoms with Crippen molar-refractivity contribution in [2.75, 3.05) is 20.2 Å². The lowest BCUT2D eigenvalue weighted by Gasteiger charge is -2.19. The Bertz CT molecular complexity index is 751. The Morgan fingerprint density at radius 3 is 2.38 bits per heavy atom. The summed E-state index contributed by atoms with van der Waals surface area (Å²) in [5.74, 6) is 0.459. The molecule has 140 valence electrons. The van der Waals surface area contributed by atoms with E-state index in [4.69, 9.17) is 9.47 Å². The van der Waals surface area contributed by atoms with Crippen molar-refractivity contribution in [2.24, 2.45) is 0 Å². The van der Waals surface area contributed by atoms with Crippen LogP contribution in [-0.4, -0.2) is 42.8 Å². The van der Waals surface area contributed by atoms with Crippen molar-refractivity contribution in [3.05, 3.63) is 35.5 Å². The predicted octanol–water partition coefficient (Wildman–Crippen LogP) is 3.07. The number of carbonyl (C=O) groups excluding carboxylic acids is 2. The molecule has 8 heteroatoms. The van der Waals surface area contributed by atoms with Gasteiger partial charge < -0.3 is 20.1 Å². The summed E-state index contributed by atoms with van der Waals surface area (Å²) >= 11 is 1.39. The van der Waals surface area contributed by atoms with Crippen molar-refractivity contribution >= 4 is 23.3 Å². The van der Waals surface area contributed by atoms with Gasteiger partial charge in [0.15, 0.2) is 0 Å². The van der Waals surface area contributed by atoms with Crippen LogP contribution < -0.4 is 15.4 Å². The van der Waals surface area contributed by atoms with Crippen LogP contribution in [0.2, 0.25) is 0 Å². The number of rotatable bonds is 6. The second-order valence-corrected chi connectivity index (χ2v) is 7.30. The molecular formula is C18H23N3O4S. The van der Waals surface area contributed by atoms with Crippen LogP contribution in [0.3, 0.4) is 0 Å². The van der Waals surface area contributed by atoms with Gasteiger partial charge in [-0.2, -0.15) is 0 Å². The van der Waals surface area contributed by atoms with Crippen LogP contribution in [-0.2, 0) is 4.74 Å². The van der Waals surface area contributed by atoms with Crippen LogP contribution in [0.15, 0.2) is 29.8 Å². The first-order valence-corrected chi connectivity index (χ1v) is 9.01. The molecule has 0 radical (unpaired) electrons. The largest absolute Gasteiger partial charge is 0.497 e. The lowest BCUT2D eigenvalue weighted by atomic mass is 10.1. The third-order valence-corrected chi connectivity index (χ3v) is 4.09. The van der Waals surface area contributed by atoms with Gasteiger partial charge in [0.2, 0.25) is 0 Å². The van der Waals surface area contributed by atoms with Crippen molar-refractivity contribution in [2.45, 2.75) is 26.4 Å². The highest BCUT2D eigenvalue weighted by atomic mass is 32.1. The van der Waals surface area contributed by atoms with Crippen molar-refractivity contribution in [1.29, 1.82) is 0 Å². The highest BCUT2D eigenvalue weighted by molar-refractivity contribution is 7.13. The van der Waals surface area contributed by atoms with Crippen LogP contribution >= 0.6 is 11.3 Å². The fraction of sp³-hybridized carbons (Fsp3) is 0.389. The van der Waals surface area contributed by atoms with E-state index in [1.165, 1.54) is 11.3 Å². The van der Waals surface area contributed by atoms with Crippen LogP contribution in [0.1, 0.15) is 31.3 Å². The van der Waals surface area contributed by atoms with E-state index in [1.807, 2.05) is 24.3 Å². The van der Waals surface area contributed by atoms with Crippen molar-refractivity contribution in [3.63, 3.8) is 0 Å². The van der Waals surface area contributed by atoms with Crippen LogP contribution in [0.5, 0.6) is 5.75 Å². The number of nitrogens with zero attached hydrogens (tertiary/aromatic N) is 1. The summed E-state index contributed by atoms with van der Waals surface area (Å²) in [7, 11) is 1.60. The third-order valence-electron chi connectivity index (χ3n) is 3.21. The van der Waals surface area contributed by atoms with E-state index in [1.54, 1.807) is 33.4 Å². The van der Waals surface area contributed by atoms with Gasteiger partial charge in [-0.3, -0.25) is 4.79 Å². The Kier molecular flexibility index (Phi) is 6.57. The number of benzene rings is 1. The molecule has 2 aromatic rings. The number of alkyl carbamates (subject to hydrolysis) is 1. The van der Waals surface area contributed by atoms with Gasteiger partial charge in [0.25, 0.3) is 5.91 Å². The number of hydrogen-bond donors (Lipinski definition) is 2. The molecular weight excluding hydrogens is 354 g/mol. The molecule has 0 aliphatic carbocycles. The van der Waals surface area contributed by atoms with Crippen molar-refractivity contribution in [3.8, 4) is 16.2 Å². The van der Waals surface area contributed by atoms with Gasteiger partial charge in [-0.05, 0) is 50.6 Å². The van der Waals surface area contributed by atoms with Gasteiger partial charge >= 0.3 is 6.09 Å². The minimum Gasteiger partial charge on any atom is -0.497 e. The fourth-order valence-corrected chi connectivity index (χ4v) is 2.89. The number of thiazole rings is 1. The molecule has 1 aromatic heterocycles. The third kappa shape index (κ3) is 5.73. The Morgan fingerprint density at radius 1 is 1.12 bits per heavy atom. The molecule has 26 heavy (non-hydrogen) atoms. The Labute approximate surface area is 156 Å². The predicted molar refractivity (Wildman–Crippen MR) is 101 cm³/mol. The molecule has 2 rings (SSSR count). The molecule has 7 nitrogen and oxygen atoms in total. The van der Waals surface area contributed by atoms with E-state index < -0.39 is 11.7 Å². The number of carbonyl (C=O) groups is 2. The van der Waals surface area contributed by atoms with Gasteiger partial charge in [-0.15, -0.1) is 11.3 Å². The molecule has 0 aliphatic rings. The van der Waals surface area contributed by atoms with E-state index in [9.17, 15) is 9.59 Å². The summed E-state index contributed by atoms with van der Waals surface area (Å²) < 4.78 is 10.3. The average molecular weight is 377 g/mol. The Hall–Kier alpha value is -2.61. The maximum absolute atomic E-state index is 12.4. The van der Waals surface area contributed by atoms with Crippen molar-refractivity contribution in [1.82, 2.24) is 15.6 Å². The lowest BCUT2D eigenvalue weighted by Crippen LogP contribution is -2.38.